The molecular formula is C25H29N5O2. The van der Waals surface area contributed by atoms with Gasteiger partial charge in [-0.3, -0.25) is 9.69 Å². The Balaban J connectivity index is 1.31. The predicted molar refractivity (Wildman–Crippen MR) is 123 cm³/mol. The Kier molecular flexibility index (Phi) is 6.27. The molecule has 3 aromatic rings. The molecule has 0 saturated carbocycles. The van der Waals surface area contributed by atoms with Gasteiger partial charge in [0.2, 0.25) is 5.82 Å². The number of likely N-dealkylation sites (tertiary alicyclic amines) is 1. The Morgan fingerprint density at radius 2 is 1.56 bits per heavy atom. The molecule has 2 aliphatic rings. The van der Waals surface area contributed by atoms with E-state index in [1.165, 1.54) is 0 Å². The van der Waals surface area contributed by atoms with Gasteiger partial charge in [-0.25, -0.2) is 9.67 Å². The Hall–Kier alpha value is -3.03. The minimum Gasteiger partial charge on any atom is -0.379 e. The lowest BCUT2D eigenvalue weighted by atomic mass is 9.96. The van der Waals surface area contributed by atoms with Crippen molar-refractivity contribution >= 4 is 5.91 Å². The smallest absolute Gasteiger partial charge is 0.293 e. The van der Waals surface area contributed by atoms with Crippen molar-refractivity contribution in [2.45, 2.75) is 12.8 Å². The molecule has 0 N–H and O–H groups in total. The Morgan fingerprint density at radius 1 is 0.906 bits per heavy atom. The average molecular weight is 432 g/mol. The molecule has 3 heterocycles. The molecule has 0 aliphatic carbocycles. The lowest BCUT2D eigenvalue weighted by molar-refractivity contribution is 0.0242. The highest BCUT2D eigenvalue weighted by Gasteiger charge is 2.28. The zero-order valence-corrected chi connectivity index (χ0v) is 18.3. The van der Waals surface area contributed by atoms with E-state index in [1.54, 1.807) is 4.68 Å². The van der Waals surface area contributed by atoms with Crippen molar-refractivity contribution in [3.05, 3.63) is 66.5 Å². The molecule has 5 rings (SSSR count). The van der Waals surface area contributed by atoms with Crippen molar-refractivity contribution in [3.63, 3.8) is 0 Å². The highest BCUT2D eigenvalue weighted by atomic mass is 16.5. The van der Waals surface area contributed by atoms with Crippen LogP contribution in [-0.4, -0.2) is 76.4 Å². The van der Waals surface area contributed by atoms with Gasteiger partial charge in [-0.2, -0.15) is 0 Å². The van der Waals surface area contributed by atoms with Gasteiger partial charge in [0.05, 0.1) is 18.9 Å². The summed E-state index contributed by atoms with van der Waals surface area (Å²) in [4.78, 5) is 22.4. The molecule has 7 heteroatoms. The maximum Gasteiger partial charge on any atom is 0.293 e. The normalized spacial score (nSPS) is 18.1. The van der Waals surface area contributed by atoms with Crippen LogP contribution in [0.2, 0.25) is 0 Å². The first-order valence-electron chi connectivity index (χ1n) is 11.5. The third-order valence-electron chi connectivity index (χ3n) is 6.35. The molecule has 2 aliphatic heterocycles. The van der Waals surface area contributed by atoms with Gasteiger partial charge < -0.3 is 9.64 Å². The van der Waals surface area contributed by atoms with Crippen molar-refractivity contribution in [1.82, 2.24) is 24.6 Å². The van der Waals surface area contributed by atoms with Crippen molar-refractivity contribution in [3.8, 4) is 17.1 Å². The molecule has 1 amide bonds. The van der Waals surface area contributed by atoms with Gasteiger partial charge in [-0.05, 0) is 30.9 Å². The summed E-state index contributed by atoms with van der Waals surface area (Å²) in [6.07, 6.45) is 2.04. The second-order valence-electron chi connectivity index (χ2n) is 8.52. The fraction of sp³-hybridized carbons (Fsp3) is 0.400. The number of piperidine rings is 1. The second-order valence-corrected chi connectivity index (χ2v) is 8.52. The monoisotopic (exact) mass is 431 g/mol. The SMILES string of the molecule is O=C(c1nc(-c2ccccc2)n(-c2ccccc2)n1)N1CCC(CN2CCOCC2)CC1. The van der Waals surface area contributed by atoms with Gasteiger partial charge in [-0.1, -0.05) is 48.5 Å². The van der Waals surface area contributed by atoms with Crippen LogP contribution in [0.4, 0.5) is 0 Å². The molecule has 7 nitrogen and oxygen atoms in total. The van der Waals surface area contributed by atoms with E-state index in [2.05, 4.69) is 15.0 Å². The quantitative estimate of drug-likeness (QED) is 0.621. The molecule has 1 aromatic heterocycles. The van der Waals surface area contributed by atoms with Crippen molar-refractivity contribution in [1.29, 1.82) is 0 Å². The van der Waals surface area contributed by atoms with E-state index in [4.69, 9.17) is 4.74 Å². The first kappa shape index (κ1) is 20.8. The van der Waals surface area contributed by atoms with Gasteiger partial charge in [-0.15, -0.1) is 5.10 Å². The van der Waals surface area contributed by atoms with Crippen LogP contribution in [-0.2, 0) is 4.74 Å². The molecule has 2 aromatic carbocycles. The number of morpholine rings is 1. The number of hydrogen-bond acceptors (Lipinski definition) is 5. The second kappa shape index (κ2) is 9.63. The fourth-order valence-electron chi connectivity index (χ4n) is 4.53. The van der Waals surface area contributed by atoms with Gasteiger partial charge in [0.15, 0.2) is 5.82 Å². The van der Waals surface area contributed by atoms with E-state index in [-0.39, 0.29) is 11.7 Å². The Bertz CT molecular complexity index is 966. The summed E-state index contributed by atoms with van der Waals surface area (Å²) in [6.45, 7) is 6.31. The number of carbonyl (C=O) groups excluding carboxylic acids is 1. The summed E-state index contributed by atoms with van der Waals surface area (Å²) < 4.78 is 7.22. The number of amides is 1. The van der Waals surface area contributed by atoms with E-state index in [0.29, 0.717) is 11.7 Å². The van der Waals surface area contributed by atoms with Gasteiger partial charge in [0.1, 0.15) is 0 Å². The standard InChI is InChI=1S/C25H29N5O2/c31-25(29-13-11-20(12-14-29)19-28-15-17-32-18-16-28)23-26-24(21-7-3-1-4-8-21)30(27-23)22-9-5-2-6-10-22/h1-10,20H,11-19H2. The van der Waals surface area contributed by atoms with E-state index >= 15 is 0 Å². The molecule has 32 heavy (non-hydrogen) atoms. The minimum atomic E-state index is -0.0818. The van der Waals surface area contributed by atoms with E-state index in [9.17, 15) is 4.79 Å². The lowest BCUT2D eigenvalue weighted by Crippen LogP contribution is -2.44. The summed E-state index contributed by atoms with van der Waals surface area (Å²) in [6, 6.07) is 19.8. The molecule has 2 saturated heterocycles. The number of aromatic nitrogens is 3. The number of hydrogen-bond donors (Lipinski definition) is 0. The number of rotatable bonds is 5. The molecule has 0 bridgehead atoms. The summed E-state index contributed by atoms with van der Waals surface area (Å²) >= 11 is 0. The molecule has 0 spiro atoms. The molecule has 166 valence electrons. The summed E-state index contributed by atoms with van der Waals surface area (Å²) in [5.74, 6) is 1.50. The molecule has 2 fully saturated rings. The first-order valence-corrected chi connectivity index (χ1v) is 11.5. The summed E-state index contributed by atoms with van der Waals surface area (Å²) in [7, 11) is 0. The van der Waals surface area contributed by atoms with Crippen LogP contribution in [0.5, 0.6) is 0 Å². The van der Waals surface area contributed by atoms with Crippen LogP contribution >= 0.6 is 0 Å². The number of nitrogens with zero attached hydrogens (tertiary/aromatic N) is 5. The predicted octanol–water partition coefficient (Wildman–Crippen LogP) is 3.12. The number of para-hydroxylation sites is 1. The van der Waals surface area contributed by atoms with Crippen molar-refractivity contribution in [2.24, 2.45) is 5.92 Å². The van der Waals surface area contributed by atoms with Crippen LogP contribution in [0, 0.1) is 5.92 Å². The average Bonchev–Trinajstić information content (AvgIpc) is 3.31. The van der Waals surface area contributed by atoms with Crippen LogP contribution in [0.15, 0.2) is 60.7 Å². The highest BCUT2D eigenvalue weighted by Crippen LogP contribution is 2.24. The van der Waals surface area contributed by atoms with Gasteiger partial charge in [0, 0.05) is 38.3 Å². The summed E-state index contributed by atoms with van der Waals surface area (Å²) in [5, 5.41) is 4.64. The van der Waals surface area contributed by atoms with Crippen LogP contribution < -0.4 is 0 Å². The minimum absolute atomic E-state index is 0.0818. The lowest BCUT2D eigenvalue weighted by Gasteiger charge is -2.35. The number of ether oxygens (including phenoxy) is 1. The maximum atomic E-state index is 13.3. The van der Waals surface area contributed by atoms with Crippen LogP contribution in [0.1, 0.15) is 23.5 Å². The molecule has 0 unspecified atom stereocenters. The summed E-state index contributed by atoms with van der Waals surface area (Å²) in [5.41, 5.74) is 1.83. The van der Waals surface area contributed by atoms with E-state index in [0.717, 1.165) is 70.0 Å². The van der Waals surface area contributed by atoms with Crippen LogP contribution in [0.25, 0.3) is 17.1 Å². The zero-order valence-electron chi connectivity index (χ0n) is 18.3. The molecular weight excluding hydrogens is 402 g/mol. The largest absolute Gasteiger partial charge is 0.379 e. The van der Waals surface area contributed by atoms with Gasteiger partial charge in [0.25, 0.3) is 5.91 Å². The van der Waals surface area contributed by atoms with Crippen molar-refractivity contribution < 1.29 is 9.53 Å². The van der Waals surface area contributed by atoms with E-state index < -0.39 is 0 Å². The fourth-order valence-corrected chi connectivity index (χ4v) is 4.53. The van der Waals surface area contributed by atoms with Gasteiger partial charge >= 0.3 is 0 Å². The molecule has 0 radical (unpaired) electrons. The number of benzene rings is 2. The first-order chi connectivity index (χ1) is 15.8. The Labute approximate surface area is 188 Å². The topological polar surface area (TPSA) is 63.5 Å². The van der Waals surface area contributed by atoms with Crippen LogP contribution in [0.3, 0.4) is 0 Å². The zero-order chi connectivity index (χ0) is 21.8. The number of carbonyl (C=O) groups is 1. The highest BCUT2D eigenvalue weighted by molar-refractivity contribution is 5.91. The maximum absolute atomic E-state index is 13.3. The Morgan fingerprint density at radius 3 is 2.25 bits per heavy atom. The molecule has 0 atom stereocenters. The third-order valence-corrected chi connectivity index (χ3v) is 6.35. The van der Waals surface area contributed by atoms with Crippen molar-refractivity contribution in [2.75, 3.05) is 45.9 Å². The van der Waals surface area contributed by atoms with E-state index in [1.807, 2.05) is 65.6 Å². The third kappa shape index (κ3) is 4.59.